The lowest BCUT2D eigenvalue weighted by Crippen LogP contribution is -2.25. The van der Waals surface area contributed by atoms with Crippen LogP contribution in [0.25, 0.3) is 0 Å². The first-order chi connectivity index (χ1) is 12.8. The van der Waals surface area contributed by atoms with E-state index in [0.29, 0.717) is 17.8 Å². The Morgan fingerprint density at radius 2 is 1.48 bits per heavy atom. The predicted octanol–water partition coefficient (Wildman–Crippen LogP) is 2.48. The maximum absolute atomic E-state index is 12.8. The summed E-state index contributed by atoms with van der Waals surface area (Å²) in [5, 5.41) is 5.31. The van der Waals surface area contributed by atoms with Crippen molar-refractivity contribution in [3.05, 3.63) is 54.3 Å². The molecule has 0 radical (unpaired) electrons. The van der Waals surface area contributed by atoms with Crippen molar-refractivity contribution in [2.45, 2.75) is 24.7 Å². The molecule has 144 valence electrons. The number of nitrogens with one attached hydrogen (secondary N) is 3. The molecule has 3 N–H and O–H groups in total. The number of anilines is 2. The van der Waals surface area contributed by atoms with Crippen LogP contribution in [0.5, 0.6) is 0 Å². The molecule has 0 heterocycles. The largest absolute Gasteiger partial charge is 0.326 e. The molecule has 2 rings (SSSR count). The minimum Gasteiger partial charge on any atom is -0.326 e. The van der Waals surface area contributed by atoms with E-state index in [1.54, 1.807) is 24.3 Å². The van der Waals surface area contributed by atoms with Crippen molar-refractivity contribution in [1.29, 1.82) is 0 Å². The van der Waals surface area contributed by atoms with Crippen molar-refractivity contribution >= 4 is 33.2 Å². The maximum Gasteiger partial charge on any atom is 0.240 e. The van der Waals surface area contributed by atoms with Gasteiger partial charge in [-0.2, -0.15) is 0 Å². The summed E-state index contributed by atoms with van der Waals surface area (Å²) in [6, 6.07) is 11.1. The molecule has 7 nitrogen and oxygen atoms in total. The highest BCUT2D eigenvalue weighted by atomic mass is 32.2. The van der Waals surface area contributed by atoms with E-state index < -0.39 is 15.8 Å². The van der Waals surface area contributed by atoms with Crippen molar-refractivity contribution in [2.75, 3.05) is 17.2 Å². The summed E-state index contributed by atoms with van der Waals surface area (Å²) in [5.74, 6) is -0.964. The SMILES string of the molecule is CC(=O)Nc1ccc(NC(=O)CCCNS(=O)(=O)c2ccc(F)cc2)cc1. The van der Waals surface area contributed by atoms with Crippen molar-refractivity contribution in [3.63, 3.8) is 0 Å². The summed E-state index contributed by atoms with van der Waals surface area (Å²) in [5.41, 5.74) is 1.19. The van der Waals surface area contributed by atoms with E-state index >= 15 is 0 Å². The second kappa shape index (κ2) is 9.24. The fourth-order valence-electron chi connectivity index (χ4n) is 2.22. The van der Waals surface area contributed by atoms with Gasteiger partial charge < -0.3 is 10.6 Å². The lowest BCUT2D eigenvalue weighted by atomic mass is 10.2. The van der Waals surface area contributed by atoms with Gasteiger partial charge in [0.25, 0.3) is 0 Å². The van der Waals surface area contributed by atoms with Crippen LogP contribution >= 0.6 is 0 Å². The number of carbonyl (C=O) groups is 2. The molecule has 0 saturated heterocycles. The molecule has 0 atom stereocenters. The van der Waals surface area contributed by atoms with E-state index in [1.807, 2.05) is 0 Å². The van der Waals surface area contributed by atoms with Gasteiger partial charge in [-0.1, -0.05) is 0 Å². The number of hydrogen-bond acceptors (Lipinski definition) is 4. The monoisotopic (exact) mass is 393 g/mol. The average Bonchev–Trinajstić information content (AvgIpc) is 2.60. The van der Waals surface area contributed by atoms with Crippen LogP contribution in [0.2, 0.25) is 0 Å². The molecule has 0 bridgehead atoms. The average molecular weight is 393 g/mol. The lowest BCUT2D eigenvalue weighted by molar-refractivity contribution is -0.116. The standard InChI is InChI=1S/C18H20FN3O4S/c1-13(23)21-15-6-8-16(9-7-15)22-18(24)3-2-12-20-27(25,26)17-10-4-14(19)5-11-17/h4-11,20H,2-3,12H2,1H3,(H,21,23)(H,22,24). The van der Waals surface area contributed by atoms with Gasteiger partial charge in [0.05, 0.1) is 4.90 Å². The van der Waals surface area contributed by atoms with E-state index in [0.717, 1.165) is 12.1 Å². The van der Waals surface area contributed by atoms with Crippen LogP contribution < -0.4 is 15.4 Å². The highest BCUT2D eigenvalue weighted by Crippen LogP contribution is 2.14. The highest BCUT2D eigenvalue weighted by Gasteiger charge is 2.13. The van der Waals surface area contributed by atoms with Crippen molar-refractivity contribution in [2.24, 2.45) is 0 Å². The lowest BCUT2D eigenvalue weighted by Gasteiger charge is -2.08. The quantitative estimate of drug-likeness (QED) is 0.599. The zero-order chi connectivity index (χ0) is 19.9. The molecule has 2 amide bonds. The third-order valence-electron chi connectivity index (χ3n) is 3.49. The molecule has 27 heavy (non-hydrogen) atoms. The molecule has 0 aliphatic rings. The summed E-state index contributed by atoms with van der Waals surface area (Å²) in [6.07, 6.45) is 0.426. The first-order valence-corrected chi connectivity index (χ1v) is 9.67. The van der Waals surface area contributed by atoms with Gasteiger partial charge in [0.1, 0.15) is 5.82 Å². The van der Waals surface area contributed by atoms with Gasteiger partial charge in [-0.15, -0.1) is 0 Å². The molecule has 0 unspecified atom stereocenters. The Morgan fingerprint density at radius 1 is 0.926 bits per heavy atom. The van der Waals surface area contributed by atoms with Crippen LogP contribution in [-0.4, -0.2) is 26.8 Å². The van der Waals surface area contributed by atoms with Gasteiger partial charge in [0.15, 0.2) is 0 Å². The van der Waals surface area contributed by atoms with Gasteiger partial charge in [0.2, 0.25) is 21.8 Å². The molecule has 9 heteroatoms. The Balaban J connectivity index is 1.75. The third kappa shape index (κ3) is 6.80. The number of rotatable bonds is 8. The number of hydrogen-bond donors (Lipinski definition) is 3. The zero-order valence-corrected chi connectivity index (χ0v) is 15.5. The molecule has 0 aromatic heterocycles. The van der Waals surface area contributed by atoms with Gasteiger partial charge in [-0.25, -0.2) is 17.5 Å². The van der Waals surface area contributed by atoms with Crippen molar-refractivity contribution in [3.8, 4) is 0 Å². The molecular formula is C18H20FN3O4S. The van der Waals surface area contributed by atoms with Crippen LogP contribution in [0, 0.1) is 5.82 Å². The predicted molar refractivity (Wildman–Crippen MR) is 100 cm³/mol. The Labute approximate surface area is 157 Å². The molecule has 0 fully saturated rings. The zero-order valence-electron chi connectivity index (χ0n) is 14.7. The third-order valence-corrected chi connectivity index (χ3v) is 4.96. The van der Waals surface area contributed by atoms with Crippen molar-refractivity contribution < 1.29 is 22.4 Å². The number of carbonyl (C=O) groups excluding carboxylic acids is 2. The summed E-state index contributed by atoms with van der Waals surface area (Å²) in [4.78, 5) is 22.8. The molecule has 0 saturated carbocycles. The number of sulfonamides is 1. The summed E-state index contributed by atoms with van der Waals surface area (Å²) in [7, 11) is -3.73. The van der Waals surface area contributed by atoms with Crippen LogP contribution in [0.15, 0.2) is 53.4 Å². The summed E-state index contributed by atoms with van der Waals surface area (Å²) in [6.45, 7) is 1.48. The van der Waals surface area contributed by atoms with Crippen molar-refractivity contribution in [1.82, 2.24) is 4.72 Å². The minimum absolute atomic E-state index is 0.0346. The Bertz CT molecular complexity index is 897. The van der Waals surface area contributed by atoms with E-state index in [2.05, 4.69) is 15.4 Å². The van der Waals surface area contributed by atoms with Gasteiger partial charge in [-0.05, 0) is 55.0 Å². The number of halogens is 1. The van der Waals surface area contributed by atoms with E-state index in [4.69, 9.17) is 0 Å². The van der Waals surface area contributed by atoms with Crippen LogP contribution in [-0.2, 0) is 19.6 Å². The second-order valence-corrected chi connectivity index (χ2v) is 7.53. The number of benzene rings is 2. The second-order valence-electron chi connectivity index (χ2n) is 5.76. The van der Waals surface area contributed by atoms with Gasteiger partial charge >= 0.3 is 0 Å². The minimum atomic E-state index is -3.73. The molecule has 0 spiro atoms. The van der Waals surface area contributed by atoms with E-state index in [-0.39, 0.29) is 29.7 Å². The normalized spacial score (nSPS) is 11.0. The van der Waals surface area contributed by atoms with E-state index in [9.17, 15) is 22.4 Å². The molecular weight excluding hydrogens is 373 g/mol. The molecule has 0 aliphatic carbocycles. The van der Waals surface area contributed by atoms with E-state index in [1.165, 1.54) is 19.1 Å². The van der Waals surface area contributed by atoms with Gasteiger partial charge in [-0.3, -0.25) is 9.59 Å². The Morgan fingerprint density at radius 3 is 2.04 bits per heavy atom. The maximum atomic E-state index is 12.8. The Hall–Kier alpha value is -2.78. The van der Waals surface area contributed by atoms with Crippen LogP contribution in [0.3, 0.4) is 0 Å². The molecule has 2 aromatic carbocycles. The highest BCUT2D eigenvalue weighted by molar-refractivity contribution is 7.89. The fraction of sp³-hybridized carbons (Fsp3) is 0.222. The number of amides is 2. The first-order valence-electron chi connectivity index (χ1n) is 8.19. The van der Waals surface area contributed by atoms with Gasteiger partial charge in [0, 0.05) is 31.3 Å². The first kappa shape index (κ1) is 20.5. The molecule has 0 aliphatic heterocycles. The van der Waals surface area contributed by atoms with Crippen LogP contribution in [0.1, 0.15) is 19.8 Å². The fourth-order valence-corrected chi connectivity index (χ4v) is 3.29. The smallest absolute Gasteiger partial charge is 0.240 e. The Kier molecular flexibility index (Phi) is 7.03. The molecule has 2 aromatic rings. The summed E-state index contributed by atoms with van der Waals surface area (Å²) >= 11 is 0. The topological polar surface area (TPSA) is 104 Å². The van der Waals surface area contributed by atoms with Crippen LogP contribution in [0.4, 0.5) is 15.8 Å². The summed E-state index contributed by atoms with van der Waals surface area (Å²) < 4.78 is 39.3.